The van der Waals surface area contributed by atoms with Crippen molar-refractivity contribution >= 4 is 5.69 Å². The van der Waals surface area contributed by atoms with Gasteiger partial charge in [0.25, 0.3) is 0 Å². The summed E-state index contributed by atoms with van der Waals surface area (Å²) in [6.07, 6.45) is 0.982. The van der Waals surface area contributed by atoms with Crippen LogP contribution < -0.4 is 10.6 Å². The Morgan fingerprint density at radius 2 is 1.64 bits per heavy atom. The zero-order valence-corrected chi connectivity index (χ0v) is 14.2. The van der Waals surface area contributed by atoms with Crippen molar-refractivity contribution in [1.29, 1.82) is 0 Å². The van der Waals surface area contributed by atoms with E-state index in [9.17, 15) is 4.39 Å². The van der Waals surface area contributed by atoms with Gasteiger partial charge in [0.05, 0.1) is 6.54 Å². The highest BCUT2D eigenvalue weighted by Gasteiger charge is 2.24. The molecule has 1 heterocycles. The number of halogens is 1. The third-order valence-electron chi connectivity index (χ3n) is 4.80. The quantitative estimate of drug-likeness (QED) is 0.779. The summed E-state index contributed by atoms with van der Waals surface area (Å²) < 4.78 is 13.2. The SMILES string of the molecule is [NH3+]C1Cc2cc(-c3ccc(F)cc3)ccc2N(Cc2ccccc2)C1. The molecule has 1 aliphatic rings. The molecule has 1 atom stereocenters. The van der Waals surface area contributed by atoms with E-state index >= 15 is 0 Å². The Morgan fingerprint density at radius 3 is 2.40 bits per heavy atom. The smallest absolute Gasteiger partial charge is 0.123 e. The number of rotatable bonds is 3. The maximum Gasteiger partial charge on any atom is 0.123 e. The molecule has 3 N–H and O–H groups in total. The van der Waals surface area contributed by atoms with Crippen LogP contribution in [0.15, 0.2) is 72.8 Å². The lowest BCUT2D eigenvalue weighted by Crippen LogP contribution is -2.67. The highest BCUT2D eigenvalue weighted by atomic mass is 19.1. The van der Waals surface area contributed by atoms with Crippen LogP contribution in [0.2, 0.25) is 0 Å². The molecule has 0 bridgehead atoms. The molecular weight excluding hydrogens is 311 g/mol. The second kappa shape index (κ2) is 6.69. The molecule has 2 nitrogen and oxygen atoms in total. The average Bonchev–Trinajstić information content (AvgIpc) is 2.62. The molecule has 3 aromatic carbocycles. The third kappa shape index (κ3) is 3.42. The third-order valence-corrected chi connectivity index (χ3v) is 4.80. The highest BCUT2D eigenvalue weighted by Crippen LogP contribution is 2.32. The van der Waals surface area contributed by atoms with Gasteiger partial charge in [-0.15, -0.1) is 0 Å². The molecule has 3 aromatic rings. The van der Waals surface area contributed by atoms with Crippen LogP contribution in [0.25, 0.3) is 11.1 Å². The minimum atomic E-state index is -0.200. The predicted molar refractivity (Wildman–Crippen MR) is 99.7 cm³/mol. The first-order valence-corrected chi connectivity index (χ1v) is 8.70. The number of anilines is 1. The van der Waals surface area contributed by atoms with Crippen LogP contribution >= 0.6 is 0 Å². The van der Waals surface area contributed by atoms with E-state index in [1.807, 2.05) is 18.2 Å². The Kier molecular flexibility index (Phi) is 4.24. The summed E-state index contributed by atoms with van der Waals surface area (Å²) in [5.74, 6) is -0.200. The average molecular weight is 333 g/mol. The maximum atomic E-state index is 13.2. The molecule has 3 heteroatoms. The molecule has 0 saturated heterocycles. The molecule has 0 saturated carbocycles. The van der Waals surface area contributed by atoms with E-state index in [2.05, 4.69) is 53.1 Å². The van der Waals surface area contributed by atoms with Crippen LogP contribution in [-0.4, -0.2) is 12.6 Å². The Bertz CT molecular complexity index is 859. The topological polar surface area (TPSA) is 30.9 Å². The highest BCUT2D eigenvalue weighted by molar-refractivity contribution is 5.70. The summed E-state index contributed by atoms with van der Waals surface area (Å²) in [6, 6.07) is 24.2. The van der Waals surface area contributed by atoms with Gasteiger partial charge in [-0.05, 0) is 46.5 Å². The van der Waals surface area contributed by atoms with E-state index in [-0.39, 0.29) is 5.82 Å². The standard InChI is InChI=1S/C22H21FN2/c23-20-9-6-17(7-10-20)18-8-11-22-19(12-18)13-21(24)15-25(22)14-16-4-2-1-3-5-16/h1-12,21H,13-15,24H2/p+1. The lowest BCUT2D eigenvalue weighted by Gasteiger charge is -2.33. The van der Waals surface area contributed by atoms with Crippen molar-refractivity contribution in [3.63, 3.8) is 0 Å². The minimum Gasteiger partial charge on any atom is -0.361 e. The van der Waals surface area contributed by atoms with Gasteiger partial charge in [-0.3, -0.25) is 0 Å². The summed E-state index contributed by atoms with van der Waals surface area (Å²) in [4.78, 5) is 2.42. The van der Waals surface area contributed by atoms with E-state index in [1.54, 1.807) is 0 Å². The van der Waals surface area contributed by atoms with Crippen molar-refractivity contribution in [1.82, 2.24) is 0 Å². The number of fused-ring (bicyclic) bond motifs is 1. The summed E-state index contributed by atoms with van der Waals surface area (Å²) in [5, 5.41) is 0. The number of benzene rings is 3. The Labute approximate surface area is 147 Å². The molecule has 4 rings (SSSR count). The van der Waals surface area contributed by atoms with Crippen molar-refractivity contribution in [2.24, 2.45) is 0 Å². The Balaban J connectivity index is 1.66. The normalized spacial score (nSPS) is 16.6. The van der Waals surface area contributed by atoms with Gasteiger partial charge < -0.3 is 10.6 Å². The van der Waals surface area contributed by atoms with Gasteiger partial charge in [0.15, 0.2) is 0 Å². The van der Waals surface area contributed by atoms with Crippen molar-refractivity contribution in [3.05, 3.63) is 89.7 Å². The fourth-order valence-electron chi connectivity index (χ4n) is 3.62. The first-order valence-electron chi connectivity index (χ1n) is 8.70. The van der Waals surface area contributed by atoms with Gasteiger partial charge >= 0.3 is 0 Å². The zero-order valence-electron chi connectivity index (χ0n) is 14.2. The van der Waals surface area contributed by atoms with Crippen LogP contribution in [0, 0.1) is 5.82 Å². The van der Waals surface area contributed by atoms with E-state index in [1.165, 1.54) is 28.9 Å². The van der Waals surface area contributed by atoms with Crippen molar-refractivity contribution in [2.75, 3.05) is 11.4 Å². The second-order valence-electron chi connectivity index (χ2n) is 6.79. The number of hydrogen-bond acceptors (Lipinski definition) is 1. The molecule has 1 aliphatic heterocycles. The van der Waals surface area contributed by atoms with Crippen LogP contribution in [0.3, 0.4) is 0 Å². The van der Waals surface area contributed by atoms with Crippen LogP contribution in [0.4, 0.5) is 10.1 Å². The number of nitrogens with zero attached hydrogens (tertiary/aromatic N) is 1. The molecule has 0 aliphatic carbocycles. The van der Waals surface area contributed by atoms with Crippen LogP contribution in [-0.2, 0) is 13.0 Å². The first kappa shape index (κ1) is 15.9. The maximum absolute atomic E-state index is 13.2. The fourth-order valence-corrected chi connectivity index (χ4v) is 3.62. The monoisotopic (exact) mass is 333 g/mol. The molecule has 1 unspecified atom stereocenters. The van der Waals surface area contributed by atoms with E-state index < -0.39 is 0 Å². The van der Waals surface area contributed by atoms with Gasteiger partial charge in [0.2, 0.25) is 0 Å². The van der Waals surface area contributed by atoms with E-state index in [0.29, 0.717) is 6.04 Å². The summed E-state index contributed by atoms with van der Waals surface area (Å²) in [6.45, 7) is 1.87. The van der Waals surface area contributed by atoms with Gasteiger partial charge in [0, 0.05) is 18.7 Å². The largest absolute Gasteiger partial charge is 0.361 e. The summed E-state index contributed by atoms with van der Waals surface area (Å²) in [5.41, 5.74) is 10.4. The van der Waals surface area contributed by atoms with Gasteiger partial charge in [-0.25, -0.2) is 4.39 Å². The molecule has 0 aromatic heterocycles. The molecule has 0 radical (unpaired) electrons. The predicted octanol–water partition coefficient (Wildman–Crippen LogP) is 3.67. The van der Waals surface area contributed by atoms with Gasteiger partial charge in [-0.2, -0.15) is 0 Å². The van der Waals surface area contributed by atoms with Crippen molar-refractivity contribution < 1.29 is 10.1 Å². The summed E-state index contributed by atoms with van der Waals surface area (Å²) >= 11 is 0. The molecule has 25 heavy (non-hydrogen) atoms. The molecule has 126 valence electrons. The van der Waals surface area contributed by atoms with Crippen LogP contribution in [0.5, 0.6) is 0 Å². The number of quaternary nitrogens is 1. The van der Waals surface area contributed by atoms with Crippen molar-refractivity contribution in [2.45, 2.75) is 19.0 Å². The number of hydrogen-bond donors (Lipinski definition) is 1. The van der Waals surface area contributed by atoms with Gasteiger partial charge in [-0.1, -0.05) is 48.5 Å². The fraction of sp³-hybridized carbons (Fsp3) is 0.182. The first-order chi connectivity index (χ1) is 12.2. The van der Waals surface area contributed by atoms with Crippen LogP contribution in [0.1, 0.15) is 11.1 Å². The van der Waals surface area contributed by atoms with E-state index in [4.69, 9.17) is 0 Å². The Hall–Kier alpha value is -2.65. The molecular formula is C22H22FN2+. The van der Waals surface area contributed by atoms with E-state index in [0.717, 1.165) is 30.6 Å². The van der Waals surface area contributed by atoms with Gasteiger partial charge in [0.1, 0.15) is 11.9 Å². The minimum absolute atomic E-state index is 0.200. The lowest BCUT2D eigenvalue weighted by molar-refractivity contribution is -0.416. The molecule has 0 amide bonds. The summed E-state index contributed by atoms with van der Waals surface area (Å²) in [7, 11) is 0. The Morgan fingerprint density at radius 1 is 0.920 bits per heavy atom. The van der Waals surface area contributed by atoms with Crippen molar-refractivity contribution in [3.8, 4) is 11.1 Å². The second-order valence-corrected chi connectivity index (χ2v) is 6.79. The molecule has 0 spiro atoms. The molecule has 0 fully saturated rings. The lowest BCUT2D eigenvalue weighted by atomic mass is 9.94. The zero-order chi connectivity index (χ0) is 17.2.